The number of aromatic nitrogens is 3. The number of carbonyl (C=O) groups is 2. The molecule has 0 aliphatic carbocycles. The summed E-state index contributed by atoms with van der Waals surface area (Å²) in [6, 6.07) is -0.137. The Balaban J connectivity index is 2.07. The van der Waals surface area contributed by atoms with Crippen molar-refractivity contribution < 1.29 is 9.59 Å². The van der Waals surface area contributed by atoms with E-state index >= 15 is 0 Å². The number of carbonyl (C=O) groups excluding carboxylic acids is 2. The molecule has 2 amide bonds. The third kappa shape index (κ3) is 3.72. The predicted octanol–water partition coefficient (Wildman–Crippen LogP) is 3.80. The van der Waals surface area contributed by atoms with E-state index in [2.05, 4.69) is 27.4 Å². The molecule has 1 aliphatic heterocycles. The summed E-state index contributed by atoms with van der Waals surface area (Å²) in [5.74, 6) is 5.82. The van der Waals surface area contributed by atoms with Crippen molar-refractivity contribution in [3.8, 4) is 11.8 Å². The molecule has 1 aliphatic rings. The number of hydrogen-bond acceptors (Lipinski definition) is 4. The van der Waals surface area contributed by atoms with Crippen LogP contribution in [-0.4, -0.2) is 38.4 Å². The number of unbranched alkanes of at least 4 members (excludes halogenated alkanes) is 1. The number of fused-ring (bicyclic) bond motifs is 2. The van der Waals surface area contributed by atoms with Gasteiger partial charge in [0, 0.05) is 19.4 Å². The summed E-state index contributed by atoms with van der Waals surface area (Å²) in [7, 11) is 0. The van der Waals surface area contributed by atoms with Crippen LogP contribution in [0.25, 0.3) is 11.0 Å². The van der Waals surface area contributed by atoms with Crippen LogP contribution in [0.2, 0.25) is 0 Å². The zero-order chi connectivity index (χ0) is 20.1. The molecular formula is C21H27N5O2. The Bertz CT molecular complexity index is 937. The second-order valence-electron chi connectivity index (χ2n) is 7.01. The van der Waals surface area contributed by atoms with Gasteiger partial charge in [-0.15, -0.1) is 11.8 Å². The maximum Gasteiger partial charge on any atom is 0.258 e. The molecule has 0 bridgehead atoms. The van der Waals surface area contributed by atoms with E-state index in [0.717, 1.165) is 25.7 Å². The van der Waals surface area contributed by atoms with Crippen molar-refractivity contribution in [3.63, 3.8) is 0 Å². The van der Waals surface area contributed by atoms with Crippen molar-refractivity contribution in [2.45, 2.75) is 65.3 Å². The molecule has 1 atom stereocenters. The van der Waals surface area contributed by atoms with Crippen LogP contribution in [0.15, 0.2) is 6.20 Å². The van der Waals surface area contributed by atoms with Crippen LogP contribution in [0.3, 0.4) is 0 Å². The van der Waals surface area contributed by atoms with Crippen LogP contribution in [-0.2, 0) is 4.79 Å². The number of nitrogens with one attached hydrogen (secondary N) is 2. The largest absolute Gasteiger partial charge is 0.330 e. The molecule has 1 unspecified atom stereocenters. The number of anilines is 1. The Hall–Kier alpha value is -2.88. The standard InChI is InChI=1S/C21H27N5O2/c1-4-7-9-10-15-19-17(21(28)26(15)12-6-3)18(23-16(27)11-8-5-2)14-13-22-25-20(14)24-19/h13,15H,5-6,8-12H2,1-3H3,(H2,22,23,24,25,27). The highest BCUT2D eigenvalue weighted by Crippen LogP contribution is 2.41. The Morgan fingerprint density at radius 1 is 1.36 bits per heavy atom. The molecule has 0 saturated heterocycles. The van der Waals surface area contributed by atoms with Crippen LogP contribution in [0.1, 0.15) is 81.4 Å². The quantitative estimate of drug-likeness (QED) is 0.681. The number of amides is 2. The molecule has 148 valence electrons. The SMILES string of the molecule is CC#CCCC1c2nc3[nH]ncc3c(NC(=O)CCCC)c2C(=O)N1CCC. The van der Waals surface area contributed by atoms with Crippen molar-refractivity contribution in [1.29, 1.82) is 0 Å². The van der Waals surface area contributed by atoms with Gasteiger partial charge in [0.15, 0.2) is 5.65 Å². The summed E-state index contributed by atoms with van der Waals surface area (Å²) in [4.78, 5) is 32.3. The molecule has 0 spiro atoms. The van der Waals surface area contributed by atoms with Crippen molar-refractivity contribution in [2.75, 3.05) is 11.9 Å². The lowest BCUT2D eigenvalue weighted by Gasteiger charge is -2.23. The average molecular weight is 381 g/mol. The van der Waals surface area contributed by atoms with Crippen LogP contribution >= 0.6 is 0 Å². The van der Waals surface area contributed by atoms with Crippen LogP contribution in [0.4, 0.5) is 5.69 Å². The van der Waals surface area contributed by atoms with Gasteiger partial charge < -0.3 is 10.2 Å². The minimum absolute atomic E-state index is 0.0762. The molecule has 0 aromatic carbocycles. The van der Waals surface area contributed by atoms with Crippen molar-refractivity contribution in [3.05, 3.63) is 17.5 Å². The highest BCUT2D eigenvalue weighted by molar-refractivity contribution is 6.13. The van der Waals surface area contributed by atoms with Crippen molar-refractivity contribution in [1.82, 2.24) is 20.1 Å². The Morgan fingerprint density at radius 2 is 2.18 bits per heavy atom. The van der Waals surface area contributed by atoms with E-state index in [1.54, 1.807) is 6.20 Å². The molecule has 2 aromatic heterocycles. The van der Waals surface area contributed by atoms with Gasteiger partial charge in [-0.25, -0.2) is 4.98 Å². The van der Waals surface area contributed by atoms with Crippen LogP contribution in [0.5, 0.6) is 0 Å². The van der Waals surface area contributed by atoms with E-state index in [1.807, 2.05) is 25.7 Å². The van der Waals surface area contributed by atoms with E-state index in [4.69, 9.17) is 4.98 Å². The first-order valence-corrected chi connectivity index (χ1v) is 9.99. The van der Waals surface area contributed by atoms with E-state index in [9.17, 15) is 9.59 Å². The van der Waals surface area contributed by atoms with Gasteiger partial charge in [0.2, 0.25) is 5.91 Å². The molecule has 2 aromatic rings. The molecule has 3 rings (SSSR count). The molecule has 28 heavy (non-hydrogen) atoms. The molecule has 7 heteroatoms. The number of pyridine rings is 1. The first-order chi connectivity index (χ1) is 13.6. The zero-order valence-corrected chi connectivity index (χ0v) is 16.8. The Labute approximate surface area is 165 Å². The van der Waals surface area contributed by atoms with Gasteiger partial charge in [-0.1, -0.05) is 20.3 Å². The summed E-state index contributed by atoms with van der Waals surface area (Å²) in [6.45, 7) is 6.55. The number of nitrogens with zero attached hydrogens (tertiary/aromatic N) is 3. The Morgan fingerprint density at radius 3 is 2.89 bits per heavy atom. The monoisotopic (exact) mass is 381 g/mol. The summed E-state index contributed by atoms with van der Waals surface area (Å²) in [6.07, 6.45) is 6.05. The molecule has 0 radical (unpaired) electrons. The van der Waals surface area contributed by atoms with E-state index < -0.39 is 0 Å². The predicted molar refractivity (Wildman–Crippen MR) is 109 cm³/mol. The van der Waals surface area contributed by atoms with E-state index in [0.29, 0.717) is 47.4 Å². The molecule has 3 heterocycles. The molecule has 0 saturated carbocycles. The lowest BCUT2D eigenvalue weighted by molar-refractivity contribution is -0.116. The Kier molecular flexibility index (Phi) is 6.30. The van der Waals surface area contributed by atoms with E-state index in [1.165, 1.54) is 0 Å². The van der Waals surface area contributed by atoms with Crippen molar-refractivity contribution >= 4 is 28.5 Å². The maximum atomic E-state index is 13.3. The minimum Gasteiger partial charge on any atom is -0.330 e. The lowest BCUT2D eigenvalue weighted by Crippen LogP contribution is -2.29. The highest BCUT2D eigenvalue weighted by atomic mass is 16.2. The summed E-state index contributed by atoms with van der Waals surface area (Å²) in [5, 5.41) is 10.6. The topological polar surface area (TPSA) is 91.0 Å². The third-order valence-corrected chi connectivity index (χ3v) is 5.00. The van der Waals surface area contributed by atoms with Gasteiger partial charge in [0.1, 0.15) is 0 Å². The second kappa shape index (κ2) is 8.87. The fraction of sp³-hybridized carbons (Fsp3) is 0.524. The van der Waals surface area contributed by atoms with Gasteiger partial charge >= 0.3 is 0 Å². The fourth-order valence-corrected chi connectivity index (χ4v) is 3.67. The number of hydrogen-bond donors (Lipinski definition) is 2. The second-order valence-corrected chi connectivity index (χ2v) is 7.01. The van der Waals surface area contributed by atoms with Gasteiger partial charge in [-0.2, -0.15) is 5.10 Å². The molecule has 7 nitrogen and oxygen atoms in total. The van der Waals surface area contributed by atoms with Gasteiger partial charge in [-0.05, 0) is 26.2 Å². The fourth-order valence-electron chi connectivity index (χ4n) is 3.67. The average Bonchev–Trinajstić information content (AvgIpc) is 3.25. The molecule has 0 fully saturated rings. The molecule has 2 N–H and O–H groups in total. The van der Waals surface area contributed by atoms with Gasteiger partial charge in [-0.3, -0.25) is 14.7 Å². The normalized spacial score (nSPS) is 15.5. The lowest BCUT2D eigenvalue weighted by atomic mass is 10.0. The zero-order valence-electron chi connectivity index (χ0n) is 16.8. The van der Waals surface area contributed by atoms with E-state index in [-0.39, 0.29) is 17.9 Å². The highest BCUT2D eigenvalue weighted by Gasteiger charge is 2.40. The molecular weight excluding hydrogens is 354 g/mol. The minimum atomic E-state index is -0.137. The van der Waals surface area contributed by atoms with Crippen LogP contribution < -0.4 is 5.32 Å². The van der Waals surface area contributed by atoms with Gasteiger partial charge in [0.25, 0.3) is 5.91 Å². The first kappa shape index (κ1) is 19.9. The van der Waals surface area contributed by atoms with Crippen molar-refractivity contribution in [2.24, 2.45) is 0 Å². The third-order valence-electron chi connectivity index (χ3n) is 5.00. The first-order valence-electron chi connectivity index (χ1n) is 9.99. The number of aromatic amines is 1. The van der Waals surface area contributed by atoms with Crippen LogP contribution in [0, 0.1) is 11.8 Å². The number of rotatable bonds is 8. The number of H-pyrrole nitrogens is 1. The maximum absolute atomic E-state index is 13.3. The summed E-state index contributed by atoms with van der Waals surface area (Å²) >= 11 is 0. The smallest absolute Gasteiger partial charge is 0.258 e. The van der Waals surface area contributed by atoms with Gasteiger partial charge in [0.05, 0.1) is 34.6 Å². The summed E-state index contributed by atoms with van der Waals surface area (Å²) in [5.41, 5.74) is 2.33. The summed E-state index contributed by atoms with van der Waals surface area (Å²) < 4.78 is 0.